The summed E-state index contributed by atoms with van der Waals surface area (Å²) in [6.45, 7) is 0.421. The molecule has 9 heteroatoms. The van der Waals surface area contributed by atoms with Crippen LogP contribution in [0.2, 0.25) is 0 Å². The Hall–Kier alpha value is -2.39. The molecule has 1 heterocycles. The molecule has 2 aromatic carbocycles. The SMILES string of the molecule is O=C(Nc1ccc(C(F)(F)F)cc1)C1CCN(S(=O)(=O)c2ccccc2)CC1. The number of hydrogen-bond donors (Lipinski definition) is 1. The number of hydrogen-bond acceptors (Lipinski definition) is 3. The van der Waals surface area contributed by atoms with E-state index in [0.29, 0.717) is 12.8 Å². The minimum atomic E-state index is -4.43. The molecular formula is C19H19F3N2O3S. The van der Waals surface area contributed by atoms with Gasteiger partial charge in [-0.1, -0.05) is 18.2 Å². The predicted molar refractivity (Wildman–Crippen MR) is 98.0 cm³/mol. The van der Waals surface area contributed by atoms with Crippen molar-refractivity contribution in [3.8, 4) is 0 Å². The van der Waals surface area contributed by atoms with Gasteiger partial charge >= 0.3 is 6.18 Å². The van der Waals surface area contributed by atoms with Crippen molar-refractivity contribution in [2.45, 2.75) is 23.9 Å². The van der Waals surface area contributed by atoms with E-state index in [9.17, 15) is 26.4 Å². The highest BCUT2D eigenvalue weighted by molar-refractivity contribution is 7.89. The van der Waals surface area contributed by atoms with Gasteiger partial charge in [-0.15, -0.1) is 0 Å². The number of alkyl halides is 3. The van der Waals surface area contributed by atoms with Crippen LogP contribution in [0.1, 0.15) is 18.4 Å². The Kier molecular flexibility index (Phi) is 5.76. The fraction of sp³-hybridized carbons (Fsp3) is 0.316. The molecule has 0 atom stereocenters. The smallest absolute Gasteiger partial charge is 0.326 e. The molecule has 0 bridgehead atoms. The lowest BCUT2D eigenvalue weighted by atomic mass is 9.97. The molecule has 0 unspecified atom stereocenters. The maximum Gasteiger partial charge on any atom is 0.416 e. The molecule has 1 fully saturated rings. The van der Waals surface area contributed by atoms with Gasteiger partial charge in [-0.2, -0.15) is 17.5 Å². The molecule has 150 valence electrons. The quantitative estimate of drug-likeness (QED) is 0.832. The van der Waals surface area contributed by atoms with Crippen molar-refractivity contribution < 1.29 is 26.4 Å². The van der Waals surface area contributed by atoms with Crippen LogP contribution >= 0.6 is 0 Å². The van der Waals surface area contributed by atoms with Gasteiger partial charge in [0.05, 0.1) is 10.5 Å². The summed E-state index contributed by atoms with van der Waals surface area (Å²) in [7, 11) is -3.59. The number of rotatable bonds is 4. The predicted octanol–water partition coefficient (Wildman–Crippen LogP) is 3.74. The zero-order valence-electron chi connectivity index (χ0n) is 14.8. The summed E-state index contributed by atoms with van der Waals surface area (Å²) in [5, 5.41) is 2.60. The van der Waals surface area contributed by atoms with E-state index in [0.717, 1.165) is 12.1 Å². The zero-order chi connectivity index (χ0) is 20.4. The standard InChI is InChI=1S/C19H19F3N2O3S/c20-19(21,22)15-6-8-16(9-7-15)23-18(25)14-10-12-24(13-11-14)28(26,27)17-4-2-1-3-5-17/h1-9,14H,10-13H2,(H,23,25). The Morgan fingerprint density at radius 1 is 0.964 bits per heavy atom. The lowest BCUT2D eigenvalue weighted by molar-refractivity contribution is -0.137. The number of amides is 1. The first-order valence-corrected chi connectivity index (χ1v) is 10.2. The molecule has 3 rings (SSSR count). The van der Waals surface area contributed by atoms with Crippen LogP contribution in [-0.4, -0.2) is 31.7 Å². The molecule has 0 spiro atoms. The van der Waals surface area contributed by atoms with E-state index < -0.39 is 27.7 Å². The zero-order valence-corrected chi connectivity index (χ0v) is 15.6. The second kappa shape index (κ2) is 7.92. The van der Waals surface area contributed by atoms with Crippen molar-refractivity contribution in [2.75, 3.05) is 18.4 Å². The largest absolute Gasteiger partial charge is 0.416 e. The van der Waals surface area contributed by atoms with Crippen molar-refractivity contribution in [3.05, 3.63) is 60.2 Å². The van der Waals surface area contributed by atoms with Gasteiger partial charge < -0.3 is 5.32 Å². The van der Waals surface area contributed by atoms with Crippen LogP contribution in [0.15, 0.2) is 59.5 Å². The van der Waals surface area contributed by atoms with E-state index in [4.69, 9.17) is 0 Å². The first kappa shape index (κ1) is 20.3. The van der Waals surface area contributed by atoms with Crippen LogP contribution in [0.25, 0.3) is 0 Å². The average molecular weight is 412 g/mol. The number of carbonyl (C=O) groups is 1. The highest BCUT2D eigenvalue weighted by Gasteiger charge is 2.32. The van der Waals surface area contributed by atoms with E-state index in [1.54, 1.807) is 18.2 Å². The first-order chi connectivity index (χ1) is 13.2. The molecule has 0 aromatic heterocycles. The molecule has 0 radical (unpaired) electrons. The second-order valence-corrected chi connectivity index (χ2v) is 8.49. The van der Waals surface area contributed by atoms with Crippen LogP contribution in [-0.2, 0) is 21.0 Å². The molecule has 1 N–H and O–H groups in total. The van der Waals surface area contributed by atoms with Gasteiger partial charge in [-0.25, -0.2) is 8.42 Å². The van der Waals surface area contributed by atoms with Crippen molar-refractivity contribution in [2.24, 2.45) is 5.92 Å². The third-order valence-corrected chi connectivity index (χ3v) is 6.60. The topological polar surface area (TPSA) is 66.5 Å². The van der Waals surface area contributed by atoms with E-state index in [1.807, 2.05) is 0 Å². The third-order valence-electron chi connectivity index (χ3n) is 4.69. The van der Waals surface area contributed by atoms with Gasteiger partial charge in [0, 0.05) is 24.7 Å². The van der Waals surface area contributed by atoms with E-state index >= 15 is 0 Å². The molecule has 1 aliphatic rings. The number of nitrogens with one attached hydrogen (secondary N) is 1. The highest BCUT2D eigenvalue weighted by atomic mass is 32.2. The van der Waals surface area contributed by atoms with Crippen LogP contribution in [0.4, 0.5) is 18.9 Å². The van der Waals surface area contributed by atoms with Crippen molar-refractivity contribution >= 4 is 21.6 Å². The number of benzene rings is 2. The fourth-order valence-electron chi connectivity index (χ4n) is 3.09. The van der Waals surface area contributed by atoms with E-state index in [1.165, 1.54) is 28.6 Å². The molecule has 28 heavy (non-hydrogen) atoms. The summed E-state index contributed by atoms with van der Waals surface area (Å²) in [5.74, 6) is -0.721. The summed E-state index contributed by atoms with van der Waals surface area (Å²) >= 11 is 0. The van der Waals surface area contributed by atoms with Crippen LogP contribution in [0, 0.1) is 5.92 Å². The Morgan fingerprint density at radius 3 is 2.07 bits per heavy atom. The van der Waals surface area contributed by atoms with E-state index in [2.05, 4.69) is 5.32 Å². The fourth-order valence-corrected chi connectivity index (χ4v) is 4.58. The van der Waals surface area contributed by atoms with Gasteiger partial charge in [0.2, 0.25) is 15.9 Å². The molecule has 1 aliphatic heterocycles. The van der Waals surface area contributed by atoms with Crippen molar-refractivity contribution in [1.29, 1.82) is 0 Å². The van der Waals surface area contributed by atoms with Gasteiger partial charge in [0.25, 0.3) is 0 Å². The number of piperidine rings is 1. The summed E-state index contributed by atoms with van der Waals surface area (Å²) < 4.78 is 64.3. The normalized spacial score (nSPS) is 16.7. The lowest BCUT2D eigenvalue weighted by Gasteiger charge is -2.30. The van der Waals surface area contributed by atoms with Crippen molar-refractivity contribution in [1.82, 2.24) is 4.31 Å². The summed E-state index contributed by atoms with van der Waals surface area (Å²) in [6, 6.07) is 12.3. The number of halogens is 3. The molecule has 5 nitrogen and oxygen atoms in total. The summed E-state index contributed by atoms with van der Waals surface area (Å²) in [4.78, 5) is 12.6. The molecule has 2 aromatic rings. The monoisotopic (exact) mass is 412 g/mol. The minimum Gasteiger partial charge on any atom is -0.326 e. The minimum absolute atomic E-state index is 0.211. The molecule has 1 amide bonds. The molecular weight excluding hydrogens is 393 g/mol. The number of carbonyl (C=O) groups excluding carboxylic acids is 1. The van der Waals surface area contributed by atoms with Gasteiger partial charge in [-0.3, -0.25) is 4.79 Å². The molecule has 0 aliphatic carbocycles. The van der Waals surface area contributed by atoms with E-state index in [-0.39, 0.29) is 29.6 Å². The molecule has 0 saturated carbocycles. The maximum atomic E-state index is 12.6. The number of nitrogens with zero attached hydrogens (tertiary/aromatic N) is 1. The third kappa shape index (κ3) is 4.53. The average Bonchev–Trinajstić information content (AvgIpc) is 2.68. The van der Waals surface area contributed by atoms with Crippen molar-refractivity contribution in [3.63, 3.8) is 0 Å². The molecule has 1 saturated heterocycles. The first-order valence-electron chi connectivity index (χ1n) is 8.71. The van der Waals surface area contributed by atoms with Crippen LogP contribution < -0.4 is 5.32 Å². The van der Waals surface area contributed by atoms with Crippen LogP contribution in [0.3, 0.4) is 0 Å². The van der Waals surface area contributed by atoms with Gasteiger partial charge in [-0.05, 0) is 49.2 Å². The second-order valence-electron chi connectivity index (χ2n) is 6.56. The van der Waals surface area contributed by atoms with Gasteiger partial charge in [0.1, 0.15) is 0 Å². The highest BCUT2D eigenvalue weighted by Crippen LogP contribution is 2.30. The summed E-state index contributed by atoms with van der Waals surface area (Å²) in [6.07, 6.45) is -3.74. The Morgan fingerprint density at radius 2 is 1.54 bits per heavy atom. The lowest BCUT2D eigenvalue weighted by Crippen LogP contribution is -2.41. The number of anilines is 1. The van der Waals surface area contributed by atoms with Crippen LogP contribution in [0.5, 0.6) is 0 Å². The maximum absolute atomic E-state index is 12.6. The number of sulfonamides is 1. The Labute approximate surface area is 161 Å². The van der Waals surface area contributed by atoms with Gasteiger partial charge in [0.15, 0.2) is 0 Å². The Balaban J connectivity index is 1.58. The summed E-state index contributed by atoms with van der Waals surface area (Å²) in [5.41, 5.74) is -0.512. The Bertz CT molecular complexity index is 921.